The highest BCUT2D eigenvalue weighted by atomic mass is 16.5. The molecular formula is C22H30N4O4. The summed E-state index contributed by atoms with van der Waals surface area (Å²) in [7, 11) is 3.70. The lowest BCUT2D eigenvalue weighted by molar-refractivity contribution is 0.197. The van der Waals surface area contributed by atoms with Crippen molar-refractivity contribution in [1.82, 2.24) is 9.80 Å². The second kappa shape index (κ2) is 13.1. The summed E-state index contributed by atoms with van der Waals surface area (Å²) in [5, 5.41) is 5.70. The van der Waals surface area contributed by atoms with Crippen molar-refractivity contribution in [3.63, 3.8) is 0 Å². The fraction of sp³-hybridized carbons (Fsp3) is 0.455. The Bertz CT molecular complexity index is 701. The summed E-state index contributed by atoms with van der Waals surface area (Å²) in [5.41, 5.74) is 1.34. The highest BCUT2D eigenvalue weighted by Gasteiger charge is 2.14. The molecule has 0 bridgehead atoms. The van der Waals surface area contributed by atoms with E-state index in [1.54, 1.807) is 0 Å². The molecule has 0 spiro atoms. The molecule has 30 heavy (non-hydrogen) atoms. The van der Waals surface area contributed by atoms with Crippen molar-refractivity contribution in [1.29, 1.82) is 0 Å². The maximum atomic E-state index is 10.5. The van der Waals surface area contributed by atoms with Crippen molar-refractivity contribution in [2.24, 2.45) is 10.4 Å². The summed E-state index contributed by atoms with van der Waals surface area (Å²) < 4.78 is 11.6. The van der Waals surface area contributed by atoms with Crippen molar-refractivity contribution < 1.29 is 9.47 Å². The first-order valence-corrected chi connectivity index (χ1v) is 10.2. The molecule has 2 heterocycles. The third-order valence-corrected chi connectivity index (χ3v) is 4.78. The Morgan fingerprint density at radius 3 is 1.53 bits per heavy atom. The van der Waals surface area contributed by atoms with Crippen LogP contribution >= 0.6 is 0 Å². The van der Waals surface area contributed by atoms with Gasteiger partial charge in [0, 0.05) is 26.5 Å². The molecule has 162 valence electrons. The average Bonchev–Trinajstić information content (AvgIpc) is 2.74. The van der Waals surface area contributed by atoms with Crippen LogP contribution in [0.4, 0.5) is 0 Å². The molecule has 0 aliphatic carbocycles. The first-order chi connectivity index (χ1) is 14.7. The fourth-order valence-electron chi connectivity index (χ4n) is 3.13. The van der Waals surface area contributed by atoms with Crippen molar-refractivity contribution in [3.8, 4) is 0 Å². The lowest BCUT2D eigenvalue weighted by Crippen LogP contribution is -2.16. The molecule has 0 saturated heterocycles. The summed E-state index contributed by atoms with van der Waals surface area (Å²) >= 11 is 0. The number of ether oxygens (including phenoxy) is 2. The maximum Gasteiger partial charge on any atom is 0.144 e. The zero-order chi connectivity index (χ0) is 21.6. The van der Waals surface area contributed by atoms with E-state index in [-0.39, 0.29) is 0 Å². The van der Waals surface area contributed by atoms with Gasteiger partial charge in [0.1, 0.15) is 22.9 Å². The SMILES string of the molecule is CN1C=CC=C(OCCCCCCCCOC2=CC=CN(C)/C2=C\N=O)/C1=C/N=O. The van der Waals surface area contributed by atoms with Crippen LogP contribution in [0.5, 0.6) is 0 Å². The van der Waals surface area contributed by atoms with Gasteiger partial charge >= 0.3 is 0 Å². The quantitative estimate of drug-likeness (QED) is 0.302. The maximum absolute atomic E-state index is 10.5. The molecule has 0 fully saturated rings. The normalized spacial score (nSPS) is 18.5. The Morgan fingerprint density at radius 1 is 0.733 bits per heavy atom. The fourth-order valence-corrected chi connectivity index (χ4v) is 3.13. The van der Waals surface area contributed by atoms with Crippen molar-refractivity contribution in [2.75, 3.05) is 27.3 Å². The number of hydrogen-bond donors (Lipinski definition) is 0. The van der Waals surface area contributed by atoms with Gasteiger partial charge in [0.05, 0.1) is 25.6 Å². The molecule has 0 aromatic carbocycles. The predicted molar refractivity (Wildman–Crippen MR) is 117 cm³/mol. The highest BCUT2D eigenvalue weighted by Crippen LogP contribution is 2.22. The minimum atomic E-state index is 0.613. The molecular weight excluding hydrogens is 384 g/mol. The Kier molecular flexibility index (Phi) is 10.1. The van der Waals surface area contributed by atoms with Gasteiger partial charge in [-0.2, -0.15) is 0 Å². The minimum absolute atomic E-state index is 0.613. The molecule has 0 atom stereocenters. The van der Waals surface area contributed by atoms with Gasteiger partial charge in [-0.25, -0.2) is 0 Å². The smallest absolute Gasteiger partial charge is 0.144 e. The van der Waals surface area contributed by atoms with Crippen LogP contribution in [-0.2, 0) is 9.47 Å². The molecule has 0 saturated carbocycles. The monoisotopic (exact) mass is 414 g/mol. The third-order valence-electron chi connectivity index (χ3n) is 4.78. The molecule has 0 amide bonds. The van der Waals surface area contributed by atoms with Crippen LogP contribution in [0, 0.1) is 9.81 Å². The summed E-state index contributed by atoms with van der Waals surface area (Å²) in [4.78, 5) is 24.7. The molecule has 0 radical (unpaired) electrons. The van der Waals surface area contributed by atoms with Crippen LogP contribution < -0.4 is 0 Å². The zero-order valence-electron chi connectivity index (χ0n) is 17.7. The number of unbranched alkanes of at least 4 members (excludes halogenated alkanes) is 5. The molecule has 0 aromatic rings. The first kappa shape index (κ1) is 23.1. The zero-order valence-corrected chi connectivity index (χ0v) is 17.7. The van der Waals surface area contributed by atoms with E-state index in [2.05, 4.69) is 10.4 Å². The van der Waals surface area contributed by atoms with E-state index in [4.69, 9.17) is 9.47 Å². The second-order valence-corrected chi connectivity index (χ2v) is 7.02. The largest absolute Gasteiger partial charge is 0.491 e. The Labute approximate surface area is 177 Å². The Hall–Kier alpha value is -3.16. The second-order valence-electron chi connectivity index (χ2n) is 7.02. The van der Waals surface area contributed by atoms with Crippen molar-refractivity contribution >= 4 is 0 Å². The molecule has 2 aliphatic heterocycles. The lowest BCUT2D eigenvalue weighted by Gasteiger charge is -2.23. The molecule has 2 rings (SSSR count). The number of nitroso groups, excluding NO2 is 2. The van der Waals surface area contributed by atoms with Crippen LogP contribution in [0.25, 0.3) is 0 Å². The van der Waals surface area contributed by atoms with Gasteiger partial charge in [0.25, 0.3) is 0 Å². The summed E-state index contributed by atoms with van der Waals surface area (Å²) in [6.07, 6.45) is 20.0. The van der Waals surface area contributed by atoms with Crippen molar-refractivity contribution in [3.05, 3.63) is 81.8 Å². The molecule has 0 unspecified atom stereocenters. The number of allylic oxidation sites excluding steroid dienone is 4. The molecule has 8 nitrogen and oxygen atoms in total. The van der Waals surface area contributed by atoms with Crippen LogP contribution in [0.3, 0.4) is 0 Å². The molecule has 0 N–H and O–H groups in total. The van der Waals surface area contributed by atoms with Gasteiger partial charge in [0.2, 0.25) is 0 Å². The topological polar surface area (TPSA) is 83.8 Å². The number of rotatable bonds is 13. The van der Waals surface area contributed by atoms with Gasteiger partial charge in [-0.15, -0.1) is 9.81 Å². The van der Waals surface area contributed by atoms with E-state index in [1.165, 1.54) is 12.4 Å². The van der Waals surface area contributed by atoms with Crippen LogP contribution in [0.15, 0.2) is 82.4 Å². The van der Waals surface area contributed by atoms with Gasteiger partial charge in [-0.05, 0) is 47.5 Å². The third kappa shape index (κ3) is 7.35. The lowest BCUT2D eigenvalue weighted by atomic mass is 10.1. The number of likely N-dealkylation sites (N-methyl/N-ethyl adjacent to an activating group) is 2. The predicted octanol–water partition coefficient (Wildman–Crippen LogP) is 5.26. The Balaban J connectivity index is 1.54. The van der Waals surface area contributed by atoms with E-state index in [9.17, 15) is 9.81 Å². The van der Waals surface area contributed by atoms with Crippen LogP contribution in [0.1, 0.15) is 38.5 Å². The van der Waals surface area contributed by atoms with E-state index < -0.39 is 0 Å². The van der Waals surface area contributed by atoms with E-state index in [0.717, 1.165) is 38.5 Å². The standard InChI is InChI=1S/C22H30N4O4/c1-25-13-9-11-21(19(25)17-23-27)29-15-7-5-3-4-6-8-16-30-22-12-10-14-26(2)20(22)18-24-28/h9-14,17-18H,3-8,15-16H2,1-2H3/b19-17-,20-18-. The van der Waals surface area contributed by atoms with Crippen LogP contribution in [0.2, 0.25) is 0 Å². The van der Waals surface area contributed by atoms with Crippen molar-refractivity contribution in [2.45, 2.75) is 38.5 Å². The van der Waals surface area contributed by atoms with Crippen LogP contribution in [-0.4, -0.2) is 37.1 Å². The number of hydrogen-bond acceptors (Lipinski definition) is 8. The summed E-state index contributed by atoms with van der Waals surface area (Å²) in [6.45, 7) is 1.23. The average molecular weight is 415 g/mol. The van der Waals surface area contributed by atoms with Gasteiger partial charge in [-0.1, -0.05) is 25.7 Å². The summed E-state index contributed by atoms with van der Waals surface area (Å²) in [5.74, 6) is 1.35. The minimum Gasteiger partial charge on any atom is -0.491 e. The van der Waals surface area contributed by atoms with E-state index >= 15 is 0 Å². The Morgan fingerprint density at radius 2 is 1.13 bits per heavy atom. The first-order valence-electron chi connectivity index (χ1n) is 10.2. The van der Waals surface area contributed by atoms with E-state index in [0.29, 0.717) is 36.1 Å². The van der Waals surface area contributed by atoms with Gasteiger partial charge in [-0.3, -0.25) is 0 Å². The van der Waals surface area contributed by atoms with Gasteiger partial charge < -0.3 is 19.3 Å². The number of nitrogens with zero attached hydrogens (tertiary/aromatic N) is 4. The summed E-state index contributed by atoms with van der Waals surface area (Å²) in [6, 6.07) is 0. The highest BCUT2D eigenvalue weighted by molar-refractivity contribution is 5.33. The van der Waals surface area contributed by atoms with E-state index in [1.807, 2.05) is 60.6 Å². The van der Waals surface area contributed by atoms with Gasteiger partial charge in [0.15, 0.2) is 0 Å². The molecule has 2 aliphatic rings. The molecule has 0 aromatic heterocycles. The molecule has 8 heteroatoms.